The first-order valence-corrected chi connectivity index (χ1v) is 9.49. The molecule has 0 atom stereocenters. The van der Waals surface area contributed by atoms with E-state index in [2.05, 4.69) is 43.7 Å². The largest absolute Gasteiger partial charge is 0.488 e. The summed E-state index contributed by atoms with van der Waals surface area (Å²) in [6, 6.07) is 13.6. The maximum atomic E-state index is 6.21. The molecule has 0 spiro atoms. The summed E-state index contributed by atoms with van der Waals surface area (Å²) < 4.78 is 8.73. The minimum Gasteiger partial charge on any atom is -0.488 e. The Balaban J connectivity index is 1.71. The van der Waals surface area contributed by atoms with E-state index in [9.17, 15) is 0 Å². The molecule has 0 saturated carbocycles. The molecule has 136 valence electrons. The highest BCUT2D eigenvalue weighted by Crippen LogP contribution is 2.26. The van der Waals surface area contributed by atoms with Crippen molar-refractivity contribution in [3.8, 4) is 5.75 Å². The van der Waals surface area contributed by atoms with Crippen LogP contribution < -0.4 is 10.1 Å². The molecule has 2 aromatic carbocycles. The van der Waals surface area contributed by atoms with Crippen molar-refractivity contribution in [3.05, 3.63) is 63.1 Å². The van der Waals surface area contributed by atoms with Gasteiger partial charge in [0.15, 0.2) is 0 Å². The zero-order chi connectivity index (χ0) is 18.4. The van der Waals surface area contributed by atoms with Crippen LogP contribution >= 0.6 is 27.5 Å². The van der Waals surface area contributed by atoms with Gasteiger partial charge in [-0.15, -0.1) is 0 Å². The number of rotatable bonds is 8. The van der Waals surface area contributed by atoms with Crippen molar-refractivity contribution >= 4 is 33.5 Å². The van der Waals surface area contributed by atoms with Crippen molar-refractivity contribution in [2.24, 2.45) is 0 Å². The van der Waals surface area contributed by atoms with E-state index in [1.165, 1.54) is 0 Å². The van der Waals surface area contributed by atoms with Gasteiger partial charge in [-0.2, -0.15) is 0 Å². The minimum absolute atomic E-state index is 0.405. The molecular formula is C18H19BrClN5O. The van der Waals surface area contributed by atoms with Crippen LogP contribution in [0, 0.1) is 0 Å². The number of nitrogens with one attached hydrogen (secondary N) is 1. The summed E-state index contributed by atoms with van der Waals surface area (Å²) in [7, 11) is 0. The molecule has 0 unspecified atom stereocenters. The van der Waals surface area contributed by atoms with E-state index in [0.29, 0.717) is 24.1 Å². The lowest BCUT2D eigenvalue weighted by Crippen LogP contribution is -2.10. The first-order valence-electron chi connectivity index (χ1n) is 8.32. The molecule has 0 amide bonds. The molecule has 1 heterocycles. The minimum atomic E-state index is 0.405. The van der Waals surface area contributed by atoms with Crippen LogP contribution in [0.25, 0.3) is 0 Å². The van der Waals surface area contributed by atoms with Crippen molar-refractivity contribution in [2.75, 3.05) is 5.32 Å². The van der Waals surface area contributed by atoms with Crippen LogP contribution in [0.1, 0.15) is 24.5 Å². The first kappa shape index (κ1) is 18.7. The predicted molar refractivity (Wildman–Crippen MR) is 105 cm³/mol. The molecule has 0 bridgehead atoms. The number of hydrogen-bond donors (Lipinski definition) is 1. The van der Waals surface area contributed by atoms with E-state index < -0.39 is 0 Å². The summed E-state index contributed by atoms with van der Waals surface area (Å²) in [6.07, 6.45) is 0.961. The van der Waals surface area contributed by atoms with Crippen molar-refractivity contribution in [1.29, 1.82) is 0 Å². The molecule has 0 radical (unpaired) electrons. The van der Waals surface area contributed by atoms with Crippen LogP contribution in [-0.4, -0.2) is 20.2 Å². The lowest BCUT2D eigenvalue weighted by atomic mass is 10.2. The van der Waals surface area contributed by atoms with Crippen LogP contribution in [0.15, 0.2) is 46.9 Å². The quantitative estimate of drug-likeness (QED) is 0.555. The van der Waals surface area contributed by atoms with Crippen LogP contribution in [0.4, 0.5) is 5.95 Å². The number of hydrogen-bond acceptors (Lipinski definition) is 5. The van der Waals surface area contributed by atoms with Gasteiger partial charge >= 0.3 is 0 Å². The standard InChI is InChI=1S/C18H19BrClN5O/c1-2-9-25-18(22-23-24-25)21-11-14-10-15(19)7-8-17(14)26-12-13-5-3-4-6-16(13)20/h3-8,10H,2,9,11-12H2,1H3,(H,21,22,24). The number of nitrogens with zero attached hydrogens (tertiary/aromatic N) is 4. The third-order valence-electron chi connectivity index (χ3n) is 3.77. The normalized spacial score (nSPS) is 10.7. The highest BCUT2D eigenvalue weighted by molar-refractivity contribution is 9.10. The van der Waals surface area contributed by atoms with E-state index in [1.807, 2.05) is 42.5 Å². The van der Waals surface area contributed by atoms with Crippen molar-refractivity contribution in [1.82, 2.24) is 20.2 Å². The third kappa shape index (κ3) is 4.74. The Morgan fingerprint density at radius 2 is 2.04 bits per heavy atom. The molecule has 0 aliphatic carbocycles. The van der Waals surface area contributed by atoms with Gasteiger partial charge in [0.25, 0.3) is 0 Å². The van der Waals surface area contributed by atoms with Crippen molar-refractivity contribution in [2.45, 2.75) is 33.0 Å². The summed E-state index contributed by atoms with van der Waals surface area (Å²) in [4.78, 5) is 0. The average Bonchev–Trinajstić information content (AvgIpc) is 3.08. The van der Waals surface area contributed by atoms with Gasteiger partial charge in [-0.1, -0.05) is 57.8 Å². The lowest BCUT2D eigenvalue weighted by Gasteiger charge is -2.14. The molecule has 3 aromatic rings. The van der Waals surface area contributed by atoms with E-state index >= 15 is 0 Å². The second kappa shape index (κ2) is 9.00. The number of aryl methyl sites for hydroxylation is 1. The number of ether oxygens (including phenoxy) is 1. The van der Waals surface area contributed by atoms with Gasteiger partial charge < -0.3 is 10.1 Å². The van der Waals surface area contributed by atoms with Gasteiger partial charge in [0, 0.05) is 33.7 Å². The highest BCUT2D eigenvalue weighted by Gasteiger charge is 2.09. The van der Waals surface area contributed by atoms with Crippen molar-refractivity contribution in [3.63, 3.8) is 0 Å². The fourth-order valence-electron chi connectivity index (χ4n) is 2.47. The Morgan fingerprint density at radius 1 is 1.19 bits per heavy atom. The zero-order valence-corrected chi connectivity index (χ0v) is 16.7. The maximum Gasteiger partial charge on any atom is 0.243 e. The Bertz CT molecular complexity index is 870. The Labute approximate surface area is 165 Å². The summed E-state index contributed by atoms with van der Waals surface area (Å²) in [6.45, 7) is 3.80. The second-order valence-corrected chi connectivity index (χ2v) is 7.03. The van der Waals surface area contributed by atoms with E-state index in [4.69, 9.17) is 16.3 Å². The molecule has 1 N–H and O–H groups in total. The molecule has 3 rings (SSSR count). The van der Waals surface area contributed by atoms with Crippen LogP contribution in [-0.2, 0) is 19.7 Å². The van der Waals surface area contributed by atoms with Gasteiger partial charge in [-0.25, -0.2) is 4.68 Å². The number of aromatic nitrogens is 4. The van der Waals surface area contributed by atoms with Crippen LogP contribution in [0.2, 0.25) is 5.02 Å². The molecule has 1 aromatic heterocycles. The fourth-order valence-corrected chi connectivity index (χ4v) is 3.06. The summed E-state index contributed by atoms with van der Waals surface area (Å²) in [5.41, 5.74) is 1.94. The van der Waals surface area contributed by atoms with Crippen molar-refractivity contribution < 1.29 is 4.74 Å². The zero-order valence-electron chi connectivity index (χ0n) is 14.3. The number of anilines is 1. The van der Waals surface area contributed by atoms with Gasteiger partial charge in [0.1, 0.15) is 12.4 Å². The predicted octanol–water partition coefficient (Wildman–Crippen LogP) is 4.69. The van der Waals surface area contributed by atoms with Gasteiger partial charge in [0.05, 0.1) is 0 Å². The number of benzene rings is 2. The van der Waals surface area contributed by atoms with Crippen LogP contribution in [0.3, 0.4) is 0 Å². The smallest absolute Gasteiger partial charge is 0.243 e. The highest BCUT2D eigenvalue weighted by atomic mass is 79.9. The monoisotopic (exact) mass is 435 g/mol. The number of tetrazole rings is 1. The third-order valence-corrected chi connectivity index (χ3v) is 4.63. The van der Waals surface area contributed by atoms with Gasteiger partial charge in [0.2, 0.25) is 5.95 Å². The maximum absolute atomic E-state index is 6.21. The molecular weight excluding hydrogens is 418 g/mol. The average molecular weight is 437 g/mol. The van der Waals surface area contributed by atoms with E-state index in [-0.39, 0.29) is 0 Å². The van der Waals surface area contributed by atoms with E-state index in [0.717, 1.165) is 34.3 Å². The molecule has 6 nitrogen and oxygen atoms in total. The SMILES string of the molecule is CCCn1nnnc1NCc1cc(Br)ccc1OCc1ccccc1Cl. The first-order chi connectivity index (χ1) is 12.7. The topological polar surface area (TPSA) is 64.9 Å². The molecule has 0 fully saturated rings. The fraction of sp³-hybridized carbons (Fsp3) is 0.278. The Hall–Kier alpha value is -2.12. The Morgan fingerprint density at radius 3 is 2.85 bits per heavy atom. The molecule has 8 heteroatoms. The van der Waals surface area contributed by atoms with Gasteiger partial charge in [-0.3, -0.25) is 0 Å². The summed E-state index contributed by atoms with van der Waals surface area (Å²) in [5, 5.41) is 15.7. The molecule has 26 heavy (non-hydrogen) atoms. The van der Waals surface area contributed by atoms with E-state index in [1.54, 1.807) is 4.68 Å². The molecule has 0 aliphatic rings. The number of halogens is 2. The Kier molecular flexibility index (Phi) is 6.46. The second-order valence-electron chi connectivity index (χ2n) is 5.71. The van der Waals surface area contributed by atoms with Crippen LogP contribution in [0.5, 0.6) is 5.75 Å². The molecule has 0 saturated heterocycles. The summed E-state index contributed by atoms with van der Waals surface area (Å²) in [5.74, 6) is 1.43. The summed E-state index contributed by atoms with van der Waals surface area (Å²) >= 11 is 9.72. The lowest BCUT2D eigenvalue weighted by molar-refractivity contribution is 0.303. The molecule has 0 aliphatic heterocycles. The van der Waals surface area contributed by atoms with Gasteiger partial charge in [-0.05, 0) is 41.1 Å².